The number of hydrogen-bond donors (Lipinski definition) is 1. The van der Waals surface area contributed by atoms with Gasteiger partial charge in [-0.1, -0.05) is 109 Å². The second-order valence-corrected chi connectivity index (χ2v) is 13.2. The summed E-state index contributed by atoms with van der Waals surface area (Å²) >= 11 is 0. The van der Waals surface area contributed by atoms with Gasteiger partial charge in [-0.25, -0.2) is 9.98 Å². The quantitative estimate of drug-likeness (QED) is 0.202. The molecule has 4 heterocycles. The summed E-state index contributed by atoms with van der Waals surface area (Å²) < 4.78 is 12.6. The third-order valence-electron chi connectivity index (χ3n) is 10.2. The van der Waals surface area contributed by atoms with Crippen LogP contribution in [0.3, 0.4) is 0 Å². The maximum absolute atomic E-state index is 6.36. The lowest BCUT2D eigenvalue weighted by Crippen LogP contribution is -2.33. The number of benzene rings is 7. The molecule has 0 bridgehead atoms. The van der Waals surface area contributed by atoms with Gasteiger partial charge in [0.05, 0.1) is 5.52 Å². The van der Waals surface area contributed by atoms with Crippen LogP contribution in [0.2, 0.25) is 0 Å². The topological polar surface area (TPSA) is 75.9 Å². The Morgan fingerprint density at radius 3 is 2.13 bits per heavy atom. The average Bonchev–Trinajstić information content (AvgIpc) is 3.77. The highest BCUT2D eigenvalue weighted by Gasteiger charge is 2.24. The second kappa shape index (κ2) is 11.2. The predicted octanol–water partition coefficient (Wildman–Crippen LogP) is 11.3. The first-order chi connectivity index (χ1) is 25.7. The SMILES string of the molecule is c1ccc(C2N=C(c3cccc4cc(-c5cccc6oc7cc8ncccc8cc7c56)ccc34)N=C(c3cccc4oc5ccccc5c34)N2)cc1. The van der Waals surface area contributed by atoms with Crippen molar-refractivity contribution >= 4 is 77.2 Å². The van der Waals surface area contributed by atoms with Gasteiger partial charge in [0.2, 0.25) is 0 Å². The second-order valence-electron chi connectivity index (χ2n) is 13.2. The highest BCUT2D eigenvalue weighted by Crippen LogP contribution is 2.39. The van der Waals surface area contributed by atoms with Crippen molar-refractivity contribution in [1.29, 1.82) is 0 Å². The minimum Gasteiger partial charge on any atom is -0.456 e. The Morgan fingerprint density at radius 2 is 1.23 bits per heavy atom. The fraction of sp³-hybridized carbons (Fsp3) is 0.0217. The molecule has 0 radical (unpaired) electrons. The van der Waals surface area contributed by atoms with Gasteiger partial charge >= 0.3 is 0 Å². The smallest absolute Gasteiger partial charge is 0.160 e. The van der Waals surface area contributed by atoms with E-state index in [0.29, 0.717) is 5.84 Å². The van der Waals surface area contributed by atoms with Gasteiger partial charge in [0, 0.05) is 50.3 Å². The van der Waals surface area contributed by atoms with E-state index in [0.717, 1.165) is 99.2 Å². The van der Waals surface area contributed by atoms with Crippen LogP contribution >= 0.6 is 0 Å². The van der Waals surface area contributed by atoms with Crippen LogP contribution in [0.25, 0.3) is 76.7 Å². The maximum atomic E-state index is 6.36. The summed E-state index contributed by atoms with van der Waals surface area (Å²) in [7, 11) is 0. The van der Waals surface area contributed by atoms with E-state index in [1.165, 1.54) is 0 Å². The Balaban J connectivity index is 1.08. The molecule has 1 N–H and O–H groups in total. The molecule has 0 aliphatic carbocycles. The van der Waals surface area contributed by atoms with Gasteiger partial charge in [-0.05, 0) is 63.9 Å². The monoisotopic (exact) mass is 668 g/mol. The largest absolute Gasteiger partial charge is 0.456 e. The van der Waals surface area contributed by atoms with Gasteiger partial charge in [0.1, 0.15) is 34.3 Å². The molecule has 6 heteroatoms. The first kappa shape index (κ1) is 28.8. The number of aliphatic imine (C=N–C) groups is 2. The first-order valence-corrected chi connectivity index (χ1v) is 17.4. The van der Waals surface area contributed by atoms with E-state index in [4.69, 9.17) is 18.8 Å². The number of rotatable bonds is 4. The molecule has 52 heavy (non-hydrogen) atoms. The van der Waals surface area contributed by atoms with Gasteiger partial charge < -0.3 is 14.2 Å². The lowest BCUT2D eigenvalue weighted by molar-refractivity contribution is 0.667. The molecule has 1 aliphatic heterocycles. The van der Waals surface area contributed by atoms with Crippen LogP contribution < -0.4 is 5.32 Å². The summed E-state index contributed by atoms with van der Waals surface area (Å²) in [6, 6.07) is 52.2. The van der Waals surface area contributed by atoms with E-state index < -0.39 is 0 Å². The molecule has 11 rings (SSSR count). The van der Waals surface area contributed by atoms with Crippen molar-refractivity contribution in [2.75, 3.05) is 0 Å². The van der Waals surface area contributed by atoms with Crippen molar-refractivity contribution in [1.82, 2.24) is 10.3 Å². The molecule has 0 fully saturated rings. The van der Waals surface area contributed by atoms with E-state index >= 15 is 0 Å². The summed E-state index contributed by atoms with van der Waals surface area (Å²) in [5.41, 5.74) is 9.53. The van der Waals surface area contributed by atoms with Crippen LogP contribution in [-0.2, 0) is 0 Å². The molecular formula is C46H28N4O2. The van der Waals surface area contributed by atoms with Crippen molar-refractivity contribution in [3.05, 3.63) is 175 Å². The standard InChI is InChI=1S/C46H28N4O2/c1-2-10-27(11-3-1)44-48-45(50-46(49-44)35-17-8-20-40-43(35)34-14-4-5-18-38(34)51-40)33-16-6-12-28-24-29(21-22-31(28)33)32-15-7-19-39-42(32)36-25-30-13-9-23-47-37(30)26-41(36)52-39/h1-26,44H,(H,48,49,50). The Labute approximate surface area is 297 Å². The first-order valence-electron chi connectivity index (χ1n) is 17.4. The fourth-order valence-corrected chi connectivity index (χ4v) is 7.76. The molecule has 3 aromatic heterocycles. The maximum Gasteiger partial charge on any atom is 0.160 e. The zero-order valence-corrected chi connectivity index (χ0v) is 27.7. The predicted molar refractivity (Wildman–Crippen MR) is 211 cm³/mol. The Bertz CT molecular complexity index is 3120. The average molecular weight is 669 g/mol. The summed E-state index contributed by atoms with van der Waals surface area (Å²) in [5.74, 6) is 1.43. The highest BCUT2D eigenvalue weighted by atomic mass is 16.3. The molecule has 10 aromatic rings. The molecule has 0 amide bonds. The van der Waals surface area contributed by atoms with Gasteiger partial charge in [-0.15, -0.1) is 0 Å². The minimum absolute atomic E-state index is 0.329. The van der Waals surface area contributed by atoms with Crippen molar-refractivity contribution in [2.45, 2.75) is 6.17 Å². The zero-order chi connectivity index (χ0) is 34.2. The van der Waals surface area contributed by atoms with Gasteiger partial charge in [0.15, 0.2) is 5.84 Å². The van der Waals surface area contributed by atoms with Crippen LogP contribution in [0.4, 0.5) is 0 Å². The van der Waals surface area contributed by atoms with E-state index in [1.807, 2.05) is 72.9 Å². The lowest BCUT2D eigenvalue weighted by Gasteiger charge is -2.24. The van der Waals surface area contributed by atoms with Crippen molar-refractivity contribution in [3.63, 3.8) is 0 Å². The fourth-order valence-electron chi connectivity index (χ4n) is 7.76. The summed E-state index contributed by atoms with van der Waals surface area (Å²) in [6.07, 6.45) is 1.49. The molecule has 6 nitrogen and oxygen atoms in total. The Hall–Kier alpha value is -7.05. The van der Waals surface area contributed by atoms with Gasteiger partial charge in [-0.3, -0.25) is 4.98 Å². The Kier molecular flexibility index (Phi) is 6.21. The summed E-state index contributed by atoms with van der Waals surface area (Å²) in [4.78, 5) is 15.0. The van der Waals surface area contributed by atoms with Crippen LogP contribution in [0.5, 0.6) is 0 Å². The number of para-hydroxylation sites is 1. The molecule has 1 atom stereocenters. The van der Waals surface area contributed by atoms with E-state index in [1.54, 1.807) is 0 Å². The number of nitrogens with zero attached hydrogens (tertiary/aromatic N) is 3. The van der Waals surface area contributed by atoms with Crippen LogP contribution in [-0.4, -0.2) is 16.7 Å². The van der Waals surface area contributed by atoms with Gasteiger partial charge in [-0.2, -0.15) is 0 Å². The molecule has 7 aromatic carbocycles. The normalized spacial score (nSPS) is 14.7. The highest BCUT2D eigenvalue weighted by molar-refractivity contribution is 6.23. The molecule has 0 saturated heterocycles. The molecule has 1 unspecified atom stereocenters. The summed E-state index contributed by atoms with van der Waals surface area (Å²) in [5, 5.41) is 11.2. The van der Waals surface area contributed by atoms with Gasteiger partial charge in [0.25, 0.3) is 0 Å². The van der Waals surface area contributed by atoms with Crippen molar-refractivity contribution < 1.29 is 8.83 Å². The molecular weight excluding hydrogens is 641 g/mol. The molecule has 244 valence electrons. The van der Waals surface area contributed by atoms with Crippen LogP contribution in [0.15, 0.2) is 177 Å². The lowest BCUT2D eigenvalue weighted by atomic mass is 9.95. The van der Waals surface area contributed by atoms with Crippen molar-refractivity contribution in [2.24, 2.45) is 9.98 Å². The zero-order valence-electron chi connectivity index (χ0n) is 27.7. The number of pyridine rings is 1. The molecule has 0 saturated carbocycles. The van der Waals surface area contributed by atoms with E-state index in [-0.39, 0.29) is 6.17 Å². The molecule has 0 spiro atoms. The summed E-state index contributed by atoms with van der Waals surface area (Å²) in [6.45, 7) is 0. The Morgan fingerprint density at radius 1 is 0.500 bits per heavy atom. The number of fused-ring (bicyclic) bond motifs is 8. The molecule has 1 aliphatic rings. The van der Waals surface area contributed by atoms with E-state index in [2.05, 4.69) is 95.2 Å². The number of hydrogen-bond acceptors (Lipinski definition) is 6. The number of furan rings is 2. The number of nitrogens with one attached hydrogen (secondary N) is 1. The van der Waals surface area contributed by atoms with Crippen molar-refractivity contribution in [3.8, 4) is 11.1 Å². The third-order valence-corrected chi connectivity index (χ3v) is 10.2. The van der Waals surface area contributed by atoms with E-state index in [9.17, 15) is 0 Å². The van der Waals surface area contributed by atoms with Crippen LogP contribution in [0, 0.1) is 0 Å². The number of amidine groups is 2. The third kappa shape index (κ3) is 4.48. The number of aromatic nitrogens is 1. The minimum atomic E-state index is -0.329. The van der Waals surface area contributed by atoms with Crippen LogP contribution in [0.1, 0.15) is 22.9 Å².